The first-order valence-corrected chi connectivity index (χ1v) is 8.15. The molecule has 1 aliphatic heterocycles. The number of carbonyl (C=O) groups excluding carboxylic acids is 1. The average molecular weight is 338 g/mol. The van der Waals surface area contributed by atoms with Crippen molar-refractivity contribution in [2.24, 2.45) is 0 Å². The second-order valence-electron chi connectivity index (χ2n) is 6.03. The van der Waals surface area contributed by atoms with Gasteiger partial charge in [0, 0.05) is 12.2 Å². The summed E-state index contributed by atoms with van der Waals surface area (Å²) in [7, 11) is 1.90. The third kappa shape index (κ3) is 3.06. The molecule has 25 heavy (non-hydrogen) atoms. The molecule has 1 fully saturated rings. The Bertz CT molecular complexity index is 844. The highest BCUT2D eigenvalue weighted by molar-refractivity contribution is 5.99. The maximum Gasteiger partial charge on any atom is 0.244 e. The van der Waals surface area contributed by atoms with Crippen LogP contribution in [0.15, 0.2) is 57.7 Å². The Morgan fingerprint density at radius 3 is 2.84 bits per heavy atom. The van der Waals surface area contributed by atoms with Crippen molar-refractivity contribution in [3.63, 3.8) is 0 Å². The number of nitrogens with zero attached hydrogens (tertiary/aromatic N) is 4. The van der Waals surface area contributed by atoms with Crippen molar-refractivity contribution in [1.82, 2.24) is 15.0 Å². The number of furan rings is 1. The molecule has 0 aliphatic carbocycles. The second-order valence-corrected chi connectivity index (χ2v) is 6.03. The van der Waals surface area contributed by atoms with Gasteiger partial charge in [-0.05, 0) is 37.7 Å². The van der Waals surface area contributed by atoms with Gasteiger partial charge in [0.1, 0.15) is 0 Å². The first-order chi connectivity index (χ1) is 12.2. The van der Waals surface area contributed by atoms with E-state index >= 15 is 0 Å². The lowest BCUT2D eigenvalue weighted by Gasteiger charge is -2.22. The van der Waals surface area contributed by atoms with Gasteiger partial charge in [-0.25, -0.2) is 0 Å². The molecule has 0 radical (unpaired) electrons. The van der Waals surface area contributed by atoms with Gasteiger partial charge in [0.05, 0.1) is 18.8 Å². The fraction of sp³-hybridized carbons (Fsp3) is 0.278. The molecule has 7 nitrogen and oxygen atoms in total. The number of anilines is 1. The maximum absolute atomic E-state index is 12.7. The quantitative estimate of drug-likeness (QED) is 0.712. The number of benzene rings is 1. The first-order valence-electron chi connectivity index (χ1n) is 8.15. The molecule has 2 aromatic heterocycles. The topological polar surface area (TPSA) is 75.6 Å². The monoisotopic (exact) mass is 338 g/mol. The minimum Gasteiger partial charge on any atom is -0.461 e. The molecule has 1 saturated heterocycles. The summed E-state index contributed by atoms with van der Waals surface area (Å²) in [5.41, 5.74) is 0.932. The summed E-state index contributed by atoms with van der Waals surface area (Å²) in [5, 5.41) is 3.92. The summed E-state index contributed by atoms with van der Waals surface area (Å²) in [6.45, 7) is 1.12. The van der Waals surface area contributed by atoms with Crippen molar-refractivity contribution in [2.45, 2.75) is 19.0 Å². The molecule has 1 amide bonds. The van der Waals surface area contributed by atoms with E-state index in [0.717, 1.165) is 12.1 Å². The number of carbonyl (C=O) groups is 1. The van der Waals surface area contributed by atoms with Gasteiger partial charge in [0.25, 0.3) is 0 Å². The molecular formula is C18H18N4O3. The number of hydrogen-bond donors (Lipinski definition) is 0. The van der Waals surface area contributed by atoms with Crippen LogP contribution in [0.25, 0.3) is 11.6 Å². The highest BCUT2D eigenvalue weighted by Gasteiger charge is 2.35. The van der Waals surface area contributed by atoms with Gasteiger partial charge in [0.15, 0.2) is 5.76 Å². The molecule has 4 rings (SSSR count). The van der Waals surface area contributed by atoms with E-state index < -0.39 is 0 Å². The molecule has 1 aliphatic rings. The summed E-state index contributed by atoms with van der Waals surface area (Å²) in [5.74, 6) is 1.53. The van der Waals surface area contributed by atoms with Crippen molar-refractivity contribution in [1.29, 1.82) is 0 Å². The minimum atomic E-state index is -0.195. The largest absolute Gasteiger partial charge is 0.461 e. The smallest absolute Gasteiger partial charge is 0.244 e. The van der Waals surface area contributed by atoms with Gasteiger partial charge in [-0.2, -0.15) is 4.98 Å². The van der Waals surface area contributed by atoms with Crippen LogP contribution in [-0.4, -0.2) is 40.6 Å². The number of amides is 1. The van der Waals surface area contributed by atoms with Crippen molar-refractivity contribution in [2.75, 3.05) is 18.5 Å². The van der Waals surface area contributed by atoms with E-state index in [1.54, 1.807) is 18.4 Å². The molecule has 0 spiro atoms. The zero-order valence-corrected chi connectivity index (χ0v) is 13.8. The van der Waals surface area contributed by atoms with E-state index in [0.29, 0.717) is 30.6 Å². The molecule has 1 aromatic carbocycles. The molecule has 3 aromatic rings. The van der Waals surface area contributed by atoms with Gasteiger partial charge in [-0.3, -0.25) is 9.69 Å². The van der Waals surface area contributed by atoms with E-state index in [1.807, 2.05) is 47.2 Å². The van der Waals surface area contributed by atoms with Crippen LogP contribution >= 0.6 is 0 Å². The Labute approximate surface area is 144 Å². The zero-order chi connectivity index (χ0) is 17.2. The Balaban J connectivity index is 1.43. The van der Waals surface area contributed by atoms with Crippen LogP contribution < -0.4 is 4.90 Å². The summed E-state index contributed by atoms with van der Waals surface area (Å²) >= 11 is 0. The Morgan fingerprint density at radius 2 is 2.08 bits per heavy atom. The van der Waals surface area contributed by atoms with Gasteiger partial charge in [-0.1, -0.05) is 23.4 Å². The SMILES string of the molecule is CN(Cc1nc(-c2ccco2)no1)C1CCN(c2ccccc2)C1=O. The second kappa shape index (κ2) is 6.52. The molecule has 3 heterocycles. The molecule has 7 heteroatoms. The van der Waals surface area contributed by atoms with E-state index in [1.165, 1.54) is 0 Å². The highest BCUT2D eigenvalue weighted by atomic mass is 16.5. The standard InChI is InChI=1S/C18H18N4O3/c1-21(12-16-19-17(20-25-16)15-8-5-11-24-15)14-9-10-22(18(14)23)13-6-3-2-4-7-13/h2-8,11,14H,9-10,12H2,1H3. The lowest BCUT2D eigenvalue weighted by Crippen LogP contribution is -2.39. The molecule has 0 bridgehead atoms. The third-order valence-corrected chi connectivity index (χ3v) is 4.37. The lowest BCUT2D eigenvalue weighted by atomic mass is 10.2. The molecular weight excluding hydrogens is 320 g/mol. The normalized spacial score (nSPS) is 17.6. The minimum absolute atomic E-state index is 0.0967. The zero-order valence-electron chi connectivity index (χ0n) is 13.8. The van der Waals surface area contributed by atoms with Crippen LogP contribution in [-0.2, 0) is 11.3 Å². The van der Waals surface area contributed by atoms with Crippen LogP contribution in [0, 0.1) is 0 Å². The van der Waals surface area contributed by atoms with Gasteiger partial charge < -0.3 is 13.8 Å². The van der Waals surface area contributed by atoms with E-state index in [9.17, 15) is 4.79 Å². The highest BCUT2D eigenvalue weighted by Crippen LogP contribution is 2.24. The van der Waals surface area contributed by atoms with Gasteiger partial charge >= 0.3 is 0 Å². The summed E-state index contributed by atoms with van der Waals surface area (Å²) in [6, 6.07) is 13.1. The number of para-hydroxylation sites is 1. The van der Waals surface area contributed by atoms with Crippen LogP contribution in [0.5, 0.6) is 0 Å². The number of hydrogen-bond acceptors (Lipinski definition) is 6. The molecule has 1 atom stereocenters. The molecule has 128 valence electrons. The maximum atomic E-state index is 12.7. The van der Waals surface area contributed by atoms with Crippen LogP contribution in [0.3, 0.4) is 0 Å². The number of likely N-dealkylation sites (N-methyl/N-ethyl adjacent to an activating group) is 1. The van der Waals surface area contributed by atoms with Crippen LogP contribution in [0.1, 0.15) is 12.3 Å². The number of rotatable bonds is 5. The number of aromatic nitrogens is 2. The fourth-order valence-electron chi connectivity index (χ4n) is 3.09. The summed E-state index contributed by atoms with van der Waals surface area (Å²) < 4.78 is 10.5. The van der Waals surface area contributed by atoms with E-state index in [-0.39, 0.29) is 11.9 Å². The average Bonchev–Trinajstić information content (AvgIpc) is 3.35. The van der Waals surface area contributed by atoms with Crippen LogP contribution in [0.4, 0.5) is 5.69 Å². The molecule has 1 unspecified atom stereocenters. The Morgan fingerprint density at radius 1 is 1.24 bits per heavy atom. The predicted octanol–water partition coefficient (Wildman–Crippen LogP) is 2.57. The van der Waals surface area contributed by atoms with Gasteiger partial charge in [-0.15, -0.1) is 0 Å². The fourth-order valence-corrected chi connectivity index (χ4v) is 3.09. The van der Waals surface area contributed by atoms with Crippen molar-refractivity contribution < 1.29 is 13.7 Å². The molecule has 0 saturated carbocycles. The Hall–Kier alpha value is -2.93. The van der Waals surface area contributed by atoms with Crippen molar-refractivity contribution >= 4 is 11.6 Å². The van der Waals surface area contributed by atoms with Crippen molar-refractivity contribution in [3.05, 3.63) is 54.6 Å². The van der Waals surface area contributed by atoms with E-state index in [2.05, 4.69) is 10.1 Å². The Kier molecular flexibility index (Phi) is 4.07. The first kappa shape index (κ1) is 15.6. The van der Waals surface area contributed by atoms with Crippen molar-refractivity contribution in [3.8, 4) is 11.6 Å². The summed E-state index contributed by atoms with van der Waals surface area (Å²) in [6.07, 6.45) is 2.33. The van der Waals surface area contributed by atoms with Crippen LogP contribution in [0.2, 0.25) is 0 Å². The predicted molar refractivity (Wildman–Crippen MR) is 90.7 cm³/mol. The summed E-state index contributed by atoms with van der Waals surface area (Å²) in [4.78, 5) is 20.8. The van der Waals surface area contributed by atoms with Gasteiger partial charge in [0.2, 0.25) is 17.6 Å². The third-order valence-electron chi connectivity index (χ3n) is 4.37. The molecule has 0 N–H and O–H groups in total. The van der Waals surface area contributed by atoms with E-state index in [4.69, 9.17) is 8.94 Å². The lowest BCUT2D eigenvalue weighted by molar-refractivity contribution is -0.121.